The van der Waals surface area contributed by atoms with E-state index in [1.54, 1.807) is 13.0 Å². The Morgan fingerprint density at radius 3 is 2.17 bits per heavy atom. The number of nitrogens with zero attached hydrogens (tertiary/aromatic N) is 2. The van der Waals surface area contributed by atoms with Gasteiger partial charge in [-0.05, 0) is 19.3 Å². The van der Waals surface area contributed by atoms with E-state index in [4.69, 9.17) is 5.26 Å². The molecule has 100 valence electrons. The maximum absolute atomic E-state index is 12.1. The lowest BCUT2D eigenvalue weighted by atomic mass is 9.94. The Labute approximate surface area is 109 Å². The SMILES string of the molecule is CCC(C#N)S(=O)(=O)NC1(C#N)CCCCCC1. The lowest BCUT2D eigenvalue weighted by molar-refractivity contribution is 0.420. The van der Waals surface area contributed by atoms with Crippen molar-refractivity contribution in [3.8, 4) is 12.1 Å². The molecule has 6 heteroatoms. The highest BCUT2D eigenvalue weighted by Gasteiger charge is 2.37. The van der Waals surface area contributed by atoms with Crippen molar-refractivity contribution in [3.63, 3.8) is 0 Å². The van der Waals surface area contributed by atoms with Crippen molar-refractivity contribution in [3.05, 3.63) is 0 Å². The molecule has 1 N–H and O–H groups in total. The van der Waals surface area contributed by atoms with Gasteiger partial charge < -0.3 is 0 Å². The molecule has 0 spiro atoms. The molecule has 5 nitrogen and oxygen atoms in total. The minimum atomic E-state index is -3.74. The Balaban J connectivity index is 2.92. The summed E-state index contributed by atoms with van der Waals surface area (Å²) in [6.07, 6.45) is 5.04. The zero-order valence-corrected chi connectivity index (χ0v) is 11.5. The molecule has 0 heterocycles. The molecule has 0 amide bonds. The van der Waals surface area contributed by atoms with Crippen LogP contribution in [-0.4, -0.2) is 19.2 Å². The normalized spacial score (nSPS) is 21.3. The van der Waals surface area contributed by atoms with E-state index in [0.717, 1.165) is 25.7 Å². The van der Waals surface area contributed by atoms with Gasteiger partial charge in [0.25, 0.3) is 0 Å². The third-order valence-corrected chi connectivity index (χ3v) is 5.26. The van der Waals surface area contributed by atoms with Crippen molar-refractivity contribution in [1.29, 1.82) is 10.5 Å². The van der Waals surface area contributed by atoms with Gasteiger partial charge in [0.15, 0.2) is 5.25 Å². The Hall–Kier alpha value is -1.11. The van der Waals surface area contributed by atoms with Gasteiger partial charge in [0.2, 0.25) is 10.0 Å². The number of sulfonamides is 1. The molecule has 0 radical (unpaired) electrons. The molecule has 0 saturated heterocycles. The number of nitriles is 2. The first kappa shape index (κ1) is 14.9. The molecule has 1 atom stereocenters. The second-order valence-corrected chi connectivity index (χ2v) is 6.64. The van der Waals surface area contributed by atoms with Gasteiger partial charge in [-0.3, -0.25) is 0 Å². The van der Waals surface area contributed by atoms with Crippen molar-refractivity contribution in [2.75, 3.05) is 0 Å². The van der Waals surface area contributed by atoms with E-state index >= 15 is 0 Å². The summed E-state index contributed by atoms with van der Waals surface area (Å²) in [5.74, 6) is 0. The van der Waals surface area contributed by atoms with Crippen LogP contribution in [0, 0.1) is 22.7 Å². The fourth-order valence-electron chi connectivity index (χ4n) is 2.29. The van der Waals surface area contributed by atoms with Crippen LogP contribution in [0.3, 0.4) is 0 Å². The molecule has 1 unspecified atom stereocenters. The Bertz CT molecular complexity index is 451. The smallest absolute Gasteiger partial charge is 0.211 e. The molecule has 0 aromatic rings. The fraction of sp³-hybridized carbons (Fsp3) is 0.833. The molecule has 0 bridgehead atoms. The average Bonchev–Trinajstić information content (AvgIpc) is 2.56. The van der Waals surface area contributed by atoms with Crippen LogP contribution in [0.15, 0.2) is 0 Å². The number of hydrogen-bond acceptors (Lipinski definition) is 4. The van der Waals surface area contributed by atoms with E-state index in [0.29, 0.717) is 12.8 Å². The van der Waals surface area contributed by atoms with Gasteiger partial charge in [-0.25, -0.2) is 8.42 Å². The molecule has 0 aromatic carbocycles. The van der Waals surface area contributed by atoms with E-state index in [-0.39, 0.29) is 6.42 Å². The van der Waals surface area contributed by atoms with Crippen molar-refractivity contribution >= 4 is 10.0 Å². The van der Waals surface area contributed by atoms with Gasteiger partial charge in [-0.1, -0.05) is 32.6 Å². The highest BCUT2D eigenvalue weighted by Crippen LogP contribution is 2.28. The first-order valence-electron chi connectivity index (χ1n) is 6.33. The van der Waals surface area contributed by atoms with Crippen LogP contribution in [0.1, 0.15) is 51.9 Å². The van der Waals surface area contributed by atoms with Gasteiger partial charge in [0.05, 0.1) is 12.1 Å². The van der Waals surface area contributed by atoms with E-state index in [9.17, 15) is 13.7 Å². The van der Waals surface area contributed by atoms with Crippen LogP contribution >= 0.6 is 0 Å². The second-order valence-electron chi connectivity index (χ2n) is 4.78. The quantitative estimate of drug-likeness (QED) is 0.788. The molecule has 18 heavy (non-hydrogen) atoms. The fourth-order valence-corrected chi connectivity index (χ4v) is 3.81. The summed E-state index contributed by atoms with van der Waals surface area (Å²) in [5.41, 5.74) is -1.01. The van der Waals surface area contributed by atoms with E-state index in [1.165, 1.54) is 0 Å². The maximum Gasteiger partial charge on any atom is 0.229 e. The Kier molecular flexibility index (Phi) is 5.13. The summed E-state index contributed by atoms with van der Waals surface area (Å²) in [6, 6.07) is 3.90. The first-order valence-corrected chi connectivity index (χ1v) is 7.88. The summed E-state index contributed by atoms with van der Waals surface area (Å²) in [6.45, 7) is 1.65. The zero-order valence-electron chi connectivity index (χ0n) is 10.6. The van der Waals surface area contributed by atoms with Crippen molar-refractivity contribution in [2.24, 2.45) is 0 Å². The highest BCUT2D eigenvalue weighted by atomic mass is 32.2. The van der Waals surface area contributed by atoms with Gasteiger partial charge in [-0.15, -0.1) is 0 Å². The average molecular weight is 269 g/mol. The van der Waals surface area contributed by atoms with Crippen molar-refractivity contribution in [2.45, 2.75) is 62.7 Å². The standard InChI is InChI=1S/C12H19N3O2S/c1-2-11(9-13)18(16,17)15-12(10-14)7-5-3-4-6-8-12/h11,15H,2-8H2,1H3. The molecule has 0 aliphatic heterocycles. The lowest BCUT2D eigenvalue weighted by Gasteiger charge is -2.26. The highest BCUT2D eigenvalue weighted by molar-refractivity contribution is 7.90. The monoisotopic (exact) mass is 269 g/mol. The van der Waals surface area contributed by atoms with E-state index in [1.807, 2.05) is 0 Å². The third kappa shape index (κ3) is 3.44. The molecule has 1 rings (SSSR count). The summed E-state index contributed by atoms with van der Waals surface area (Å²) < 4.78 is 26.6. The van der Waals surface area contributed by atoms with Crippen LogP contribution in [-0.2, 0) is 10.0 Å². The number of rotatable bonds is 4. The predicted molar refractivity (Wildman–Crippen MR) is 67.8 cm³/mol. The summed E-state index contributed by atoms with van der Waals surface area (Å²) >= 11 is 0. The van der Waals surface area contributed by atoms with E-state index < -0.39 is 20.8 Å². The van der Waals surface area contributed by atoms with Gasteiger partial charge in [-0.2, -0.15) is 15.2 Å². The van der Waals surface area contributed by atoms with Gasteiger partial charge in [0, 0.05) is 0 Å². The predicted octanol–water partition coefficient (Wildman–Crippen LogP) is 1.82. The maximum atomic E-state index is 12.1. The van der Waals surface area contributed by atoms with Crippen LogP contribution in [0.4, 0.5) is 0 Å². The van der Waals surface area contributed by atoms with Crippen molar-refractivity contribution < 1.29 is 8.42 Å². The molecule has 1 saturated carbocycles. The molecule has 1 aliphatic carbocycles. The van der Waals surface area contributed by atoms with E-state index in [2.05, 4.69) is 10.8 Å². The van der Waals surface area contributed by atoms with Crippen LogP contribution in [0.5, 0.6) is 0 Å². The van der Waals surface area contributed by atoms with Crippen LogP contribution in [0.2, 0.25) is 0 Å². The lowest BCUT2D eigenvalue weighted by Crippen LogP contribution is -2.49. The van der Waals surface area contributed by atoms with Gasteiger partial charge in [0.1, 0.15) is 5.54 Å². The van der Waals surface area contributed by atoms with Crippen LogP contribution in [0.25, 0.3) is 0 Å². The molecule has 1 fully saturated rings. The van der Waals surface area contributed by atoms with Gasteiger partial charge >= 0.3 is 0 Å². The third-order valence-electron chi connectivity index (χ3n) is 3.40. The minimum Gasteiger partial charge on any atom is -0.211 e. The largest absolute Gasteiger partial charge is 0.229 e. The zero-order chi connectivity index (χ0) is 13.6. The number of hydrogen-bond donors (Lipinski definition) is 1. The molecular weight excluding hydrogens is 250 g/mol. The summed E-state index contributed by atoms with van der Waals surface area (Å²) in [7, 11) is -3.74. The minimum absolute atomic E-state index is 0.230. The second kappa shape index (κ2) is 6.17. The first-order chi connectivity index (χ1) is 8.49. The van der Waals surface area contributed by atoms with Crippen LogP contribution < -0.4 is 4.72 Å². The van der Waals surface area contributed by atoms with Crippen molar-refractivity contribution in [1.82, 2.24) is 4.72 Å². The Morgan fingerprint density at radius 2 is 1.78 bits per heavy atom. The Morgan fingerprint density at radius 1 is 1.22 bits per heavy atom. The molecule has 1 aliphatic rings. The summed E-state index contributed by atoms with van der Waals surface area (Å²) in [4.78, 5) is 0. The molecule has 0 aromatic heterocycles. The summed E-state index contributed by atoms with van der Waals surface area (Å²) in [5, 5.41) is 17.1. The number of nitrogens with one attached hydrogen (secondary N) is 1. The molecular formula is C12H19N3O2S. The topological polar surface area (TPSA) is 93.8 Å².